The van der Waals surface area contributed by atoms with Crippen molar-refractivity contribution >= 4 is 95.0 Å². The molecule has 0 atom stereocenters. The lowest BCUT2D eigenvalue weighted by Gasteiger charge is -2.07. The Morgan fingerprint density at radius 2 is 1.67 bits per heavy atom. The first-order valence-electron chi connectivity index (χ1n) is 9.10. The molecular formula is C22H16BrI2N3O2. The molecule has 8 heteroatoms. The number of hydrazone groups is 1. The maximum Gasteiger partial charge on any atom is 0.241 e. The van der Waals surface area contributed by atoms with Crippen LogP contribution in [0.1, 0.15) is 12.0 Å². The SMILES string of the molecule is O=C(CCn1c2ccc(I)cc2c2cc(I)ccc21)NN=Cc1cc(Br)ccc1O. The summed E-state index contributed by atoms with van der Waals surface area (Å²) in [5, 5.41) is 16.2. The number of rotatable bonds is 5. The summed E-state index contributed by atoms with van der Waals surface area (Å²) >= 11 is 7.99. The number of nitrogens with zero attached hydrogens (tertiary/aromatic N) is 2. The number of benzene rings is 3. The number of aromatic nitrogens is 1. The van der Waals surface area contributed by atoms with E-state index in [1.54, 1.807) is 18.2 Å². The summed E-state index contributed by atoms with van der Waals surface area (Å²) in [6.45, 7) is 0.546. The predicted molar refractivity (Wildman–Crippen MR) is 141 cm³/mol. The highest BCUT2D eigenvalue weighted by Crippen LogP contribution is 2.31. The normalized spacial score (nSPS) is 11.6. The molecule has 0 fully saturated rings. The maximum atomic E-state index is 12.3. The lowest BCUT2D eigenvalue weighted by molar-refractivity contribution is -0.121. The third kappa shape index (κ3) is 4.65. The van der Waals surface area contributed by atoms with Gasteiger partial charge in [0.05, 0.1) is 6.21 Å². The summed E-state index contributed by atoms with van der Waals surface area (Å²) in [4.78, 5) is 12.3. The van der Waals surface area contributed by atoms with Gasteiger partial charge >= 0.3 is 0 Å². The number of aromatic hydroxyl groups is 1. The molecule has 0 bridgehead atoms. The fourth-order valence-electron chi connectivity index (χ4n) is 3.36. The van der Waals surface area contributed by atoms with Gasteiger partial charge < -0.3 is 9.67 Å². The highest BCUT2D eigenvalue weighted by atomic mass is 127. The number of phenolic OH excluding ortho intramolecular Hbond substituents is 1. The molecule has 1 heterocycles. The molecule has 5 nitrogen and oxygen atoms in total. The summed E-state index contributed by atoms with van der Waals surface area (Å²) in [5.41, 5.74) is 5.29. The number of halogens is 3. The van der Waals surface area contributed by atoms with Crippen molar-refractivity contribution in [3.63, 3.8) is 0 Å². The number of amides is 1. The van der Waals surface area contributed by atoms with E-state index in [-0.39, 0.29) is 11.7 Å². The summed E-state index contributed by atoms with van der Waals surface area (Å²) in [5.74, 6) is -0.0856. The van der Waals surface area contributed by atoms with Gasteiger partial charge in [-0.25, -0.2) is 5.43 Å². The number of hydrogen-bond donors (Lipinski definition) is 2. The minimum absolute atomic E-state index is 0.103. The maximum absolute atomic E-state index is 12.3. The largest absolute Gasteiger partial charge is 0.507 e. The van der Waals surface area contributed by atoms with Crippen LogP contribution in [0.25, 0.3) is 21.8 Å². The second-order valence-corrected chi connectivity index (χ2v) is 10.1. The second kappa shape index (κ2) is 9.23. The number of aryl methyl sites for hydroxylation is 1. The molecule has 3 aromatic carbocycles. The minimum atomic E-state index is -0.188. The van der Waals surface area contributed by atoms with Crippen molar-refractivity contribution in [2.75, 3.05) is 0 Å². The number of nitrogens with one attached hydrogen (secondary N) is 1. The van der Waals surface area contributed by atoms with Crippen molar-refractivity contribution < 1.29 is 9.90 Å². The van der Waals surface area contributed by atoms with Gasteiger partial charge in [-0.1, -0.05) is 15.9 Å². The van der Waals surface area contributed by atoms with Crippen LogP contribution in [0.4, 0.5) is 0 Å². The molecule has 1 aromatic heterocycles. The van der Waals surface area contributed by atoms with Crippen molar-refractivity contribution in [2.45, 2.75) is 13.0 Å². The van der Waals surface area contributed by atoms with Crippen molar-refractivity contribution in [3.8, 4) is 5.75 Å². The molecule has 0 spiro atoms. The quantitative estimate of drug-likeness (QED) is 0.153. The number of hydrogen-bond acceptors (Lipinski definition) is 3. The van der Waals surface area contributed by atoms with Crippen molar-refractivity contribution in [3.05, 3.63) is 71.8 Å². The Balaban J connectivity index is 1.52. The fraction of sp³-hybridized carbons (Fsp3) is 0.0909. The van der Waals surface area contributed by atoms with Gasteiger partial charge in [-0.05, 0) is 99.8 Å². The van der Waals surface area contributed by atoms with Gasteiger partial charge in [-0.3, -0.25) is 4.79 Å². The molecule has 0 saturated heterocycles. The highest BCUT2D eigenvalue weighted by molar-refractivity contribution is 14.1. The molecule has 0 aliphatic carbocycles. The fourth-order valence-corrected chi connectivity index (χ4v) is 4.72. The van der Waals surface area contributed by atoms with Gasteiger partial charge in [-0.2, -0.15) is 5.10 Å². The number of carbonyl (C=O) groups excluding carboxylic acids is 1. The van der Waals surface area contributed by atoms with Crippen molar-refractivity contribution in [2.24, 2.45) is 5.10 Å². The van der Waals surface area contributed by atoms with Gasteiger partial charge in [-0.15, -0.1) is 0 Å². The summed E-state index contributed by atoms with van der Waals surface area (Å²) in [7, 11) is 0. The standard InChI is InChI=1S/C22H16BrI2N3O2/c23-14-1-6-21(29)13(9-14)12-26-27-22(30)7-8-28-19-4-2-15(24)10-17(19)18-11-16(25)3-5-20(18)28/h1-6,9-12,29H,7-8H2,(H,27,30). The summed E-state index contributed by atoms with van der Waals surface area (Å²) < 4.78 is 5.37. The first kappa shape index (κ1) is 21.6. The van der Waals surface area contributed by atoms with E-state index in [2.05, 4.69) is 113 Å². The Morgan fingerprint density at radius 3 is 2.30 bits per heavy atom. The topological polar surface area (TPSA) is 66.6 Å². The molecule has 1 amide bonds. The molecule has 0 saturated carbocycles. The Morgan fingerprint density at radius 1 is 1.03 bits per heavy atom. The average molecular weight is 688 g/mol. The van der Waals surface area contributed by atoms with Crippen LogP contribution in [0, 0.1) is 7.14 Å². The van der Waals surface area contributed by atoms with E-state index in [0.717, 1.165) is 15.5 Å². The molecule has 0 aliphatic rings. The van der Waals surface area contributed by atoms with Crippen LogP contribution < -0.4 is 5.43 Å². The molecular weight excluding hydrogens is 672 g/mol. The average Bonchev–Trinajstić information content (AvgIpc) is 3.01. The Kier molecular flexibility index (Phi) is 6.63. The van der Waals surface area contributed by atoms with Crippen LogP contribution in [-0.4, -0.2) is 21.8 Å². The van der Waals surface area contributed by atoms with Crippen LogP contribution in [0.2, 0.25) is 0 Å². The summed E-state index contributed by atoms with van der Waals surface area (Å²) in [6.07, 6.45) is 1.72. The second-order valence-electron chi connectivity index (χ2n) is 6.72. The zero-order valence-corrected chi connectivity index (χ0v) is 21.5. The van der Waals surface area contributed by atoms with Crippen molar-refractivity contribution in [1.29, 1.82) is 0 Å². The molecule has 4 aromatic rings. The molecule has 4 rings (SSSR count). The zero-order chi connectivity index (χ0) is 21.3. The van der Waals surface area contributed by atoms with Crippen LogP contribution >= 0.6 is 61.1 Å². The van der Waals surface area contributed by atoms with Crippen LogP contribution in [-0.2, 0) is 11.3 Å². The Labute approximate surface area is 208 Å². The Bertz CT molecular complexity index is 1240. The number of carbonyl (C=O) groups is 1. The molecule has 0 aliphatic heterocycles. The third-order valence-corrected chi connectivity index (χ3v) is 6.57. The van der Waals surface area contributed by atoms with Gasteiger partial charge in [0, 0.05) is 51.9 Å². The van der Waals surface area contributed by atoms with E-state index >= 15 is 0 Å². The molecule has 30 heavy (non-hydrogen) atoms. The zero-order valence-electron chi connectivity index (χ0n) is 15.6. The van der Waals surface area contributed by atoms with E-state index in [9.17, 15) is 9.90 Å². The van der Waals surface area contributed by atoms with Crippen LogP contribution in [0.5, 0.6) is 5.75 Å². The van der Waals surface area contributed by atoms with Crippen molar-refractivity contribution in [1.82, 2.24) is 9.99 Å². The first-order chi connectivity index (χ1) is 14.4. The van der Waals surface area contributed by atoms with Crippen LogP contribution in [0.15, 0.2) is 64.2 Å². The summed E-state index contributed by atoms with van der Waals surface area (Å²) in [6, 6.07) is 17.8. The monoisotopic (exact) mass is 687 g/mol. The number of fused-ring (bicyclic) bond motifs is 3. The Hall–Kier alpha value is -1.66. The van der Waals surface area contributed by atoms with Gasteiger partial charge in [0.2, 0.25) is 5.91 Å². The van der Waals surface area contributed by atoms with Gasteiger partial charge in [0.15, 0.2) is 0 Å². The lowest BCUT2D eigenvalue weighted by Crippen LogP contribution is -2.19. The molecule has 2 N–H and O–H groups in total. The minimum Gasteiger partial charge on any atom is -0.507 e. The van der Waals surface area contributed by atoms with Gasteiger partial charge in [0.1, 0.15) is 5.75 Å². The smallest absolute Gasteiger partial charge is 0.241 e. The van der Waals surface area contributed by atoms with E-state index in [1.165, 1.54) is 24.1 Å². The van der Waals surface area contributed by atoms with Crippen LogP contribution in [0.3, 0.4) is 0 Å². The first-order valence-corrected chi connectivity index (χ1v) is 12.0. The van der Waals surface area contributed by atoms with E-state index < -0.39 is 0 Å². The highest BCUT2D eigenvalue weighted by Gasteiger charge is 2.12. The van der Waals surface area contributed by atoms with Gasteiger partial charge in [0.25, 0.3) is 0 Å². The third-order valence-electron chi connectivity index (χ3n) is 4.73. The lowest BCUT2D eigenvalue weighted by atomic mass is 10.2. The molecule has 0 unspecified atom stereocenters. The predicted octanol–water partition coefficient (Wildman–Crippen LogP) is 6.01. The van der Waals surface area contributed by atoms with E-state index in [0.29, 0.717) is 18.5 Å². The van der Waals surface area contributed by atoms with E-state index in [4.69, 9.17) is 0 Å². The molecule has 0 radical (unpaired) electrons. The molecule has 152 valence electrons. The van der Waals surface area contributed by atoms with E-state index in [1.807, 2.05) is 0 Å². The number of phenols is 1.